The molecule has 0 spiro atoms. The summed E-state index contributed by atoms with van der Waals surface area (Å²) in [5, 5.41) is 2.88. The van der Waals surface area contributed by atoms with Crippen LogP contribution in [0.5, 0.6) is 0 Å². The molecule has 6 nitrogen and oxygen atoms in total. The molecule has 1 rings (SSSR count). The smallest absolute Gasteiger partial charge is 0.323 e. The highest BCUT2D eigenvalue weighted by molar-refractivity contribution is 7.91. The number of hydrogen-bond acceptors (Lipinski definition) is 6. The molecular formula is C8H15NO5S. The number of sulfone groups is 1. The summed E-state index contributed by atoms with van der Waals surface area (Å²) in [5.74, 6) is -0.770. The van der Waals surface area contributed by atoms with Crippen LogP contribution in [0.3, 0.4) is 0 Å². The molecule has 0 aromatic carbocycles. The van der Waals surface area contributed by atoms with Gasteiger partial charge in [0.25, 0.3) is 0 Å². The van der Waals surface area contributed by atoms with Crippen molar-refractivity contribution in [3.63, 3.8) is 0 Å². The molecule has 1 aliphatic rings. The molecule has 2 atom stereocenters. The second kappa shape index (κ2) is 4.91. The van der Waals surface area contributed by atoms with E-state index in [9.17, 15) is 13.2 Å². The van der Waals surface area contributed by atoms with E-state index < -0.39 is 21.8 Å². The van der Waals surface area contributed by atoms with Crippen LogP contribution >= 0.6 is 0 Å². The van der Waals surface area contributed by atoms with E-state index >= 15 is 0 Å². The first-order valence-electron chi connectivity index (χ1n) is 4.51. The molecule has 1 saturated heterocycles. The van der Waals surface area contributed by atoms with Gasteiger partial charge in [-0.2, -0.15) is 0 Å². The molecule has 0 amide bonds. The Morgan fingerprint density at radius 1 is 1.40 bits per heavy atom. The fourth-order valence-corrected chi connectivity index (χ4v) is 3.27. The van der Waals surface area contributed by atoms with Gasteiger partial charge in [0.05, 0.1) is 25.2 Å². The molecule has 2 unspecified atom stereocenters. The van der Waals surface area contributed by atoms with Gasteiger partial charge in [0, 0.05) is 13.2 Å². The van der Waals surface area contributed by atoms with Crippen molar-refractivity contribution in [1.29, 1.82) is 0 Å². The summed E-state index contributed by atoms with van der Waals surface area (Å²) in [7, 11) is -0.487. The first-order valence-corrected chi connectivity index (χ1v) is 6.34. The van der Waals surface area contributed by atoms with Gasteiger partial charge in [0.1, 0.15) is 6.04 Å². The Morgan fingerprint density at radius 2 is 2.07 bits per heavy atom. The Hall–Kier alpha value is -0.660. The number of esters is 1. The Morgan fingerprint density at radius 3 is 2.60 bits per heavy atom. The maximum atomic E-state index is 11.5. The summed E-state index contributed by atoms with van der Waals surface area (Å²) in [6.45, 7) is 0.257. The van der Waals surface area contributed by atoms with Gasteiger partial charge in [-0.05, 0) is 0 Å². The van der Waals surface area contributed by atoms with E-state index in [-0.39, 0.29) is 24.2 Å². The molecular weight excluding hydrogens is 222 g/mol. The number of ether oxygens (including phenoxy) is 2. The third-order valence-corrected chi connectivity index (χ3v) is 3.92. The average Bonchev–Trinajstić information content (AvgIpc) is 2.14. The van der Waals surface area contributed by atoms with E-state index in [2.05, 4.69) is 10.1 Å². The van der Waals surface area contributed by atoms with Gasteiger partial charge in [-0.1, -0.05) is 0 Å². The van der Waals surface area contributed by atoms with Crippen molar-refractivity contribution in [2.24, 2.45) is 0 Å². The van der Waals surface area contributed by atoms with Crippen molar-refractivity contribution in [2.45, 2.75) is 12.1 Å². The van der Waals surface area contributed by atoms with E-state index in [4.69, 9.17) is 4.74 Å². The first-order chi connectivity index (χ1) is 6.98. The minimum Gasteiger partial charge on any atom is -0.468 e. The SMILES string of the molecule is COCC1CS(=O)(=O)CC(C(=O)OC)N1. The van der Waals surface area contributed by atoms with Gasteiger partial charge in [-0.15, -0.1) is 0 Å². The van der Waals surface area contributed by atoms with Crippen molar-refractivity contribution in [2.75, 3.05) is 32.3 Å². The lowest BCUT2D eigenvalue weighted by Crippen LogP contribution is -2.57. The lowest BCUT2D eigenvalue weighted by atomic mass is 10.2. The van der Waals surface area contributed by atoms with Crippen LogP contribution in [0.1, 0.15) is 0 Å². The van der Waals surface area contributed by atoms with E-state index in [1.54, 1.807) is 0 Å². The minimum absolute atomic E-state index is 0.00562. The molecule has 0 bridgehead atoms. The van der Waals surface area contributed by atoms with E-state index in [1.165, 1.54) is 14.2 Å². The van der Waals surface area contributed by atoms with Crippen LogP contribution in [0.15, 0.2) is 0 Å². The van der Waals surface area contributed by atoms with E-state index in [0.717, 1.165) is 0 Å². The number of carbonyl (C=O) groups is 1. The molecule has 1 aliphatic heterocycles. The van der Waals surface area contributed by atoms with Crippen LogP contribution in [-0.2, 0) is 24.1 Å². The zero-order valence-electron chi connectivity index (χ0n) is 8.73. The maximum absolute atomic E-state index is 11.5. The lowest BCUT2D eigenvalue weighted by Gasteiger charge is -2.28. The van der Waals surface area contributed by atoms with Gasteiger partial charge < -0.3 is 9.47 Å². The number of carbonyl (C=O) groups excluding carboxylic acids is 1. The van der Waals surface area contributed by atoms with Crippen molar-refractivity contribution in [1.82, 2.24) is 5.32 Å². The van der Waals surface area contributed by atoms with Gasteiger partial charge in [-0.3, -0.25) is 10.1 Å². The zero-order valence-corrected chi connectivity index (χ0v) is 9.54. The third kappa shape index (κ3) is 3.44. The van der Waals surface area contributed by atoms with Crippen LogP contribution in [0.25, 0.3) is 0 Å². The molecule has 1 heterocycles. The topological polar surface area (TPSA) is 81.7 Å². The maximum Gasteiger partial charge on any atom is 0.323 e. The number of methoxy groups -OCH3 is 2. The van der Waals surface area contributed by atoms with Gasteiger partial charge in [0.2, 0.25) is 0 Å². The third-order valence-electron chi connectivity index (χ3n) is 2.17. The second-order valence-electron chi connectivity index (χ2n) is 3.47. The van der Waals surface area contributed by atoms with Crippen LogP contribution < -0.4 is 5.32 Å². The molecule has 0 aliphatic carbocycles. The summed E-state index contributed by atoms with van der Waals surface area (Å²) in [4.78, 5) is 11.2. The molecule has 0 radical (unpaired) electrons. The van der Waals surface area contributed by atoms with Crippen molar-refractivity contribution >= 4 is 15.8 Å². The molecule has 0 aromatic rings. The van der Waals surface area contributed by atoms with Crippen molar-refractivity contribution < 1.29 is 22.7 Å². The molecule has 88 valence electrons. The van der Waals surface area contributed by atoms with Crippen LogP contribution in [0, 0.1) is 0 Å². The van der Waals surface area contributed by atoms with Crippen molar-refractivity contribution in [3.05, 3.63) is 0 Å². The second-order valence-corrected chi connectivity index (χ2v) is 5.63. The number of rotatable bonds is 3. The lowest BCUT2D eigenvalue weighted by molar-refractivity contribution is -0.142. The predicted octanol–water partition coefficient (Wildman–Crippen LogP) is -1.44. The van der Waals surface area contributed by atoms with Crippen LogP contribution in [-0.4, -0.2) is 58.8 Å². The predicted molar refractivity (Wildman–Crippen MR) is 53.3 cm³/mol. The molecule has 15 heavy (non-hydrogen) atoms. The summed E-state index contributed by atoms with van der Waals surface area (Å²) in [6, 6.07) is -1.13. The number of nitrogens with one attached hydrogen (secondary N) is 1. The van der Waals surface area contributed by atoms with E-state index in [0.29, 0.717) is 0 Å². The fourth-order valence-electron chi connectivity index (χ4n) is 1.58. The quantitative estimate of drug-likeness (QED) is 0.605. The highest BCUT2D eigenvalue weighted by Gasteiger charge is 2.35. The van der Waals surface area contributed by atoms with Gasteiger partial charge in [-0.25, -0.2) is 8.42 Å². The highest BCUT2D eigenvalue weighted by atomic mass is 32.2. The van der Waals surface area contributed by atoms with Gasteiger partial charge in [0.15, 0.2) is 9.84 Å². The standard InChI is InChI=1S/C8H15NO5S/c1-13-3-6-4-15(11,12)5-7(9-6)8(10)14-2/h6-7,9H,3-5H2,1-2H3. The zero-order chi connectivity index (χ0) is 11.5. The van der Waals surface area contributed by atoms with Crippen molar-refractivity contribution in [3.8, 4) is 0 Å². The summed E-state index contributed by atoms with van der Waals surface area (Å²) >= 11 is 0. The molecule has 1 N–H and O–H groups in total. The average molecular weight is 237 g/mol. The molecule has 1 fully saturated rings. The van der Waals surface area contributed by atoms with Crippen LogP contribution in [0.2, 0.25) is 0 Å². The van der Waals surface area contributed by atoms with Gasteiger partial charge >= 0.3 is 5.97 Å². The monoisotopic (exact) mass is 237 g/mol. The first kappa shape index (κ1) is 12.4. The van der Waals surface area contributed by atoms with E-state index in [1.807, 2.05) is 0 Å². The summed E-state index contributed by atoms with van der Waals surface area (Å²) in [6.07, 6.45) is 0. The summed E-state index contributed by atoms with van der Waals surface area (Å²) in [5.41, 5.74) is 0. The molecule has 0 aromatic heterocycles. The normalized spacial score (nSPS) is 29.7. The number of hydrogen-bond donors (Lipinski definition) is 1. The molecule has 7 heteroatoms. The Balaban J connectivity index is 2.72. The Kier molecular flexibility index (Phi) is 4.06. The largest absolute Gasteiger partial charge is 0.468 e. The van der Waals surface area contributed by atoms with Crippen LogP contribution in [0.4, 0.5) is 0 Å². The highest BCUT2D eigenvalue weighted by Crippen LogP contribution is 2.08. The fraction of sp³-hybridized carbons (Fsp3) is 0.875. The Labute approximate surface area is 88.9 Å². The molecule has 0 saturated carbocycles. The Bertz CT molecular complexity index is 326. The minimum atomic E-state index is -3.20. The summed E-state index contributed by atoms with van der Waals surface area (Å²) < 4.78 is 32.3.